The predicted octanol–water partition coefficient (Wildman–Crippen LogP) is 3.59. The number of rotatable bonds is 4. The van der Waals surface area contributed by atoms with Crippen molar-refractivity contribution in [3.63, 3.8) is 0 Å². The first-order valence-electron chi connectivity index (χ1n) is 7.26. The van der Waals surface area contributed by atoms with Crippen LogP contribution in [0.3, 0.4) is 0 Å². The highest BCUT2D eigenvalue weighted by molar-refractivity contribution is 7.71. The molecule has 2 aromatic carbocycles. The van der Waals surface area contributed by atoms with Gasteiger partial charge in [0.2, 0.25) is 4.77 Å². The first kappa shape index (κ1) is 15.9. The van der Waals surface area contributed by atoms with E-state index in [1.807, 2.05) is 37.3 Å². The third-order valence-corrected chi connectivity index (χ3v) is 3.81. The minimum absolute atomic E-state index is 0.166. The zero-order valence-corrected chi connectivity index (χ0v) is 14.0. The average molecular weight is 340 g/mol. The van der Waals surface area contributed by atoms with E-state index in [1.165, 1.54) is 0 Å². The molecule has 2 N–H and O–H groups in total. The van der Waals surface area contributed by atoms with Gasteiger partial charge in [0.1, 0.15) is 11.5 Å². The van der Waals surface area contributed by atoms with E-state index in [-0.39, 0.29) is 5.75 Å². The molecule has 0 amide bonds. The van der Waals surface area contributed by atoms with Crippen LogP contribution in [0.15, 0.2) is 53.6 Å². The molecule has 0 radical (unpaired) electrons. The molecule has 1 heterocycles. The Morgan fingerprint density at radius 1 is 1.21 bits per heavy atom. The van der Waals surface area contributed by atoms with Crippen LogP contribution < -0.4 is 4.74 Å². The minimum atomic E-state index is 0.166. The summed E-state index contributed by atoms with van der Waals surface area (Å²) in [5.74, 6) is 1.51. The molecule has 0 aliphatic heterocycles. The van der Waals surface area contributed by atoms with Gasteiger partial charge in [-0.2, -0.15) is 14.9 Å². The fraction of sp³-hybridized carbons (Fsp3) is 0.118. The first-order chi connectivity index (χ1) is 11.6. The van der Waals surface area contributed by atoms with Crippen LogP contribution in [-0.4, -0.2) is 32.8 Å². The molecule has 0 fully saturated rings. The summed E-state index contributed by atoms with van der Waals surface area (Å²) in [5.41, 5.74) is 2.11. The fourth-order valence-electron chi connectivity index (χ4n) is 2.29. The average Bonchev–Trinajstić information content (AvgIpc) is 2.96. The van der Waals surface area contributed by atoms with Crippen molar-refractivity contribution in [1.82, 2.24) is 14.9 Å². The van der Waals surface area contributed by atoms with Crippen LogP contribution in [0.4, 0.5) is 0 Å². The van der Waals surface area contributed by atoms with Gasteiger partial charge in [-0.15, -0.1) is 0 Å². The van der Waals surface area contributed by atoms with Crippen LogP contribution in [0, 0.1) is 4.77 Å². The Hall–Kier alpha value is -2.93. The Morgan fingerprint density at radius 3 is 2.58 bits per heavy atom. The molecule has 3 aromatic rings. The Morgan fingerprint density at radius 2 is 1.92 bits per heavy atom. The maximum atomic E-state index is 9.97. The molecule has 24 heavy (non-hydrogen) atoms. The van der Waals surface area contributed by atoms with Crippen LogP contribution >= 0.6 is 12.2 Å². The number of benzene rings is 2. The summed E-state index contributed by atoms with van der Waals surface area (Å²) in [6, 6.07) is 14.5. The van der Waals surface area contributed by atoms with E-state index in [9.17, 15) is 5.11 Å². The van der Waals surface area contributed by atoms with E-state index in [0.717, 1.165) is 11.3 Å². The van der Waals surface area contributed by atoms with Gasteiger partial charge in [0.15, 0.2) is 5.82 Å². The van der Waals surface area contributed by atoms with Gasteiger partial charge in [0, 0.05) is 11.1 Å². The number of nitrogens with one attached hydrogen (secondary N) is 1. The number of para-hydroxylation sites is 1. The molecule has 6 nitrogen and oxygen atoms in total. The number of hydrogen-bond donors (Lipinski definition) is 2. The summed E-state index contributed by atoms with van der Waals surface area (Å²) >= 11 is 5.27. The molecule has 0 bridgehead atoms. The molecule has 3 rings (SSSR count). The number of aromatic nitrogens is 3. The van der Waals surface area contributed by atoms with Gasteiger partial charge in [0.05, 0.1) is 12.8 Å². The molecule has 0 aliphatic rings. The van der Waals surface area contributed by atoms with E-state index in [4.69, 9.17) is 17.0 Å². The zero-order chi connectivity index (χ0) is 17.1. The lowest BCUT2D eigenvalue weighted by molar-refractivity contribution is 0.415. The van der Waals surface area contributed by atoms with Crippen molar-refractivity contribution in [2.24, 2.45) is 5.10 Å². The number of phenols is 1. The quantitative estimate of drug-likeness (QED) is 0.562. The number of H-pyrrole nitrogens is 1. The lowest BCUT2D eigenvalue weighted by Gasteiger charge is -2.06. The zero-order valence-electron chi connectivity index (χ0n) is 13.2. The van der Waals surface area contributed by atoms with Crippen LogP contribution in [0.5, 0.6) is 11.5 Å². The highest BCUT2D eigenvalue weighted by atomic mass is 32.1. The first-order valence-corrected chi connectivity index (χ1v) is 7.67. The molecular weight excluding hydrogens is 324 g/mol. The SMILES string of the molecule is COc1ccc(-c2n[nH]c(=S)n2N=C(C)c2ccccc2O)cc1. The predicted molar refractivity (Wildman–Crippen MR) is 95.1 cm³/mol. The van der Waals surface area contributed by atoms with Crippen molar-refractivity contribution in [2.75, 3.05) is 7.11 Å². The van der Waals surface area contributed by atoms with E-state index >= 15 is 0 Å². The number of aromatic hydroxyl groups is 1. The number of aromatic amines is 1. The van der Waals surface area contributed by atoms with Crippen molar-refractivity contribution in [3.8, 4) is 22.9 Å². The monoisotopic (exact) mass is 340 g/mol. The van der Waals surface area contributed by atoms with E-state index < -0.39 is 0 Å². The van der Waals surface area contributed by atoms with E-state index in [1.54, 1.807) is 30.0 Å². The standard InChI is InChI=1S/C17H16N4O2S/c1-11(14-5-3-4-6-15(14)22)20-21-16(18-19-17(21)24)12-7-9-13(23-2)10-8-12/h3-10,22H,1-2H3,(H,19,24). The summed E-state index contributed by atoms with van der Waals surface area (Å²) < 4.78 is 7.08. The van der Waals surface area contributed by atoms with E-state index in [2.05, 4.69) is 15.3 Å². The Labute approximate surface area is 144 Å². The van der Waals surface area contributed by atoms with E-state index in [0.29, 0.717) is 21.9 Å². The molecule has 0 unspecified atom stereocenters. The molecular formula is C17H16N4O2S. The highest BCUT2D eigenvalue weighted by Gasteiger charge is 2.10. The fourth-order valence-corrected chi connectivity index (χ4v) is 2.47. The number of ether oxygens (including phenoxy) is 1. The van der Waals surface area contributed by atoms with Crippen molar-refractivity contribution in [2.45, 2.75) is 6.92 Å². The van der Waals surface area contributed by atoms with Gasteiger partial charge in [0.25, 0.3) is 0 Å². The second-order valence-corrected chi connectivity index (χ2v) is 5.48. The lowest BCUT2D eigenvalue weighted by Crippen LogP contribution is -2.02. The second-order valence-electron chi connectivity index (χ2n) is 5.10. The maximum Gasteiger partial charge on any atom is 0.216 e. The van der Waals surface area contributed by atoms with Crippen LogP contribution in [-0.2, 0) is 0 Å². The minimum Gasteiger partial charge on any atom is -0.507 e. The van der Waals surface area contributed by atoms with Gasteiger partial charge in [-0.25, -0.2) is 5.10 Å². The van der Waals surface area contributed by atoms with Gasteiger partial charge in [-0.1, -0.05) is 12.1 Å². The number of methoxy groups -OCH3 is 1. The molecule has 1 aromatic heterocycles. The van der Waals surface area contributed by atoms with Crippen molar-refractivity contribution in [1.29, 1.82) is 0 Å². The molecule has 122 valence electrons. The van der Waals surface area contributed by atoms with Crippen LogP contribution in [0.1, 0.15) is 12.5 Å². The van der Waals surface area contributed by atoms with Gasteiger partial charge >= 0.3 is 0 Å². The van der Waals surface area contributed by atoms with Crippen molar-refractivity contribution >= 4 is 17.9 Å². The smallest absolute Gasteiger partial charge is 0.216 e. The summed E-state index contributed by atoms with van der Waals surface area (Å²) in [5, 5.41) is 21.5. The molecule has 0 aliphatic carbocycles. The van der Waals surface area contributed by atoms with Gasteiger partial charge in [-0.3, -0.25) is 0 Å². The topological polar surface area (TPSA) is 75.4 Å². The molecule has 0 atom stereocenters. The number of hydrogen-bond acceptors (Lipinski definition) is 5. The molecule has 0 spiro atoms. The third-order valence-electron chi connectivity index (χ3n) is 3.54. The molecule has 0 saturated carbocycles. The number of phenolic OH excluding ortho intramolecular Hbond substituents is 1. The Bertz CT molecular complexity index is 942. The van der Waals surface area contributed by atoms with Crippen LogP contribution in [0.2, 0.25) is 0 Å². The summed E-state index contributed by atoms with van der Waals surface area (Å²) in [7, 11) is 1.62. The summed E-state index contributed by atoms with van der Waals surface area (Å²) in [6.45, 7) is 1.81. The second kappa shape index (κ2) is 6.67. The third kappa shape index (κ3) is 3.07. The Kier molecular flexibility index (Phi) is 4.43. The Balaban J connectivity index is 2.06. The maximum absolute atomic E-state index is 9.97. The van der Waals surface area contributed by atoms with Gasteiger partial charge in [-0.05, 0) is 55.5 Å². The normalized spacial score (nSPS) is 11.5. The van der Waals surface area contributed by atoms with Crippen LogP contribution in [0.25, 0.3) is 11.4 Å². The lowest BCUT2D eigenvalue weighted by atomic mass is 10.1. The largest absolute Gasteiger partial charge is 0.507 e. The van der Waals surface area contributed by atoms with Crippen molar-refractivity contribution < 1.29 is 9.84 Å². The number of nitrogens with zero attached hydrogens (tertiary/aromatic N) is 3. The highest BCUT2D eigenvalue weighted by Crippen LogP contribution is 2.22. The molecule has 7 heteroatoms. The van der Waals surface area contributed by atoms with Gasteiger partial charge < -0.3 is 9.84 Å². The summed E-state index contributed by atoms with van der Waals surface area (Å²) in [6.07, 6.45) is 0. The van der Waals surface area contributed by atoms with Crippen molar-refractivity contribution in [3.05, 3.63) is 58.9 Å². The summed E-state index contributed by atoms with van der Waals surface area (Å²) in [4.78, 5) is 0. The molecule has 0 saturated heterocycles.